The van der Waals surface area contributed by atoms with Crippen LogP contribution in [0, 0.1) is 0 Å². The van der Waals surface area contributed by atoms with Gasteiger partial charge in [-0.05, 0) is 38.8 Å². The highest BCUT2D eigenvalue weighted by Crippen LogP contribution is 2.19. The van der Waals surface area contributed by atoms with Gasteiger partial charge in [0.1, 0.15) is 11.4 Å². The third-order valence-corrected chi connectivity index (χ3v) is 4.79. The molecule has 1 aliphatic rings. The second kappa shape index (κ2) is 10.8. The summed E-state index contributed by atoms with van der Waals surface area (Å²) in [6, 6.07) is 7.70. The molecule has 30 heavy (non-hydrogen) atoms. The van der Waals surface area contributed by atoms with Crippen LogP contribution >= 0.6 is 0 Å². The Kier molecular flexibility index (Phi) is 8.50. The van der Waals surface area contributed by atoms with E-state index in [1.165, 1.54) is 0 Å². The van der Waals surface area contributed by atoms with Crippen LogP contribution in [0.15, 0.2) is 24.3 Å². The van der Waals surface area contributed by atoms with Gasteiger partial charge in [0.25, 0.3) is 0 Å². The Bertz CT molecular complexity index is 737. The Hall–Kier alpha value is -2.77. The van der Waals surface area contributed by atoms with Gasteiger partial charge in [-0.25, -0.2) is 4.79 Å². The molecule has 8 nitrogen and oxygen atoms in total. The molecule has 2 rings (SSSR count). The van der Waals surface area contributed by atoms with Crippen LogP contribution in [-0.2, 0) is 20.7 Å². The Morgan fingerprint density at radius 1 is 0.967 bits per heavy atom. The minimum atomic E-state index is -0.567. The fourth-order valence-corrected chi connectivity index (χ4v) is 3.26. The molecule has 1 saturated heterocycles. The fraction of sp³-hybridized carbons (Fsp3) is 0.591. The first kappa shape index (κ1) is 23.5. The number of amides is 3. The number of carbonyl (C=O) groups is 3. The molecule has 0 aliphatic carbocycles. The van der Waals surface area contributed by atoms with Crippen molar-refractivity contribution in [3.63, 3.8) is 0 Å². The zero-order valence-corrected chi connectivity index (χ0v) is 18.4. The van der Waals surface area contributed by atoms with Gasteiger partial charge in [-0.1, -0.05) is 18.2 Å². The van der Waals surface area contributed by atoms with Gasteiger partial charge in [0.2, 0.25) is 11.8 Å². The average molecular weight is 420 g/mol. The van der Waals surface area contributed by atoms with Crippen molar-refractivity contribution in [1.29, 1.82) is 0 Å². The van der Waals surface area contributed by atoms with E-state index in [-0.39, 0.29) is 24.8 Å². The molecule has 3 amide bonds. The van der Waals surface area contributed by atoms with E-state index in [4.69, 9.17) is 9.47 Å². The van der Waals surface area contributed by atoms with Crippen LogP contribution in [0.5, 0.6) is 5.75 Å². The molecule has 1 N–H and O–H groups in total. The standard InChI is InChI=1S/C22H33N3O5/c1-22(2,3)30-21(28)23-12-11-20(27)25-15-13-24(14-16-25)19(26)10-9-17-7-5-6-8-18(17)29-4/h5-8H,9-16H2,1-4H3,(H,23,28). The van der Waals surface area contributed by atoms with Gasteiger partial charge in [-0.2, -0.15) is 0 Å². The lowest BCUT2D eigenvalue weighted by Crippen LogP contribution is -2.51. The Morgan fingerprint density at radius 3 is 2.10 bits per heavy atom. The molecular weight excluding hydrogens is 386 g/mol. The quantitative estimate of drug-likeness (QED) is 0.732. The highest BCUT2D eigenvalue weighted by atomic mass is 16.6. The van der Waals surface area contributed by atoms with E-state index in [1.54, 1.807) is 37.7 Å². The van der Waals surface area contributed by atoms with E-state index in [0.717, 1.165) is 11.3 Å². The molecule has 0 bridgehead atoms. The smallest absolute Gasteiger partial charge is 0.407 e. The molecule has 0 unspecified atom stereocenters. The first-order valence-corrected chi connectivity index (χ1v) is 10.3. The van der Waals surface area contributed by atoms with Crippen molar-refractivity contribution in [3.05, 3.63) is 29.8 Å². The third-order valence-electron chi connectivity index (χ3n) is 4.79. The number of aryl methyl sites for hydroxylation is 1. The first-order chi connectivity index (χ1) is 14.2. The van der Waals surface area contributed by atoms with Crippen LogP contribution < -0.4 is 10.1 Å². The molecule has 1 aromatic carbocycles. The van der Waals surface area contributed by atoms with E-state index in [0.29, 0.717) is 39.0 Å². The number of piperazine rings is 1. The zero-order chi connectivity index (χ0) is 22.1. The van der Waals surface area contributed by atoms with E-state index < -0.39 is 11.7 Å². The maximum Gasteiger partial charge on any atom is 0.407 e. The number of alkyl carbamates (subject to hydrolysis) is 1. The Balaban J connectivity index is 1.69. The summed E-state index contributed by atoms with van der Waals surface area (Å²) in [4.78, 5) is 40.0. The number of ether oxygens (including phenoxy) is 2. The first-order valence-electron chi connectivity index (χ1n) is 10.3. The monoisotopic (exact) mass is 419 g/mol. The van der Waals surface area contributed by atoms with Crippen LogP contribution in [0.2, 0.25) is 0 Å². The van der Waals surface area contributed by atoms with Gasteiger partial charge in [0, 0.05) is 45.6 Å². The normalized spacial score (nSPS) is 14.3. The van der Waals surface area contributed by atoms with Gasteiger partial charge in [-0.15, -0.1) is 0 Å². The number of rotatable bonds is 7. The van der Waals surface area contributed by atoms with Crippen molar-refractivity contribution >= 4 is 17.9 Å². The third kappa shape index (κ3) is 7.57. The molecule has 0 spiro atoms. The van der Waals surface area contributed by atoms with Crippen molar-refractivity contribution in [2.24, 2.45) is 0 Å². The summed E-state index contributed by atoms with van der Waals surface area (Å²) in [5.74, 6) is 0.840. The number of methoxy groups -OCH3 is 1. The number of nitrogens with one attached hydrogen (secondary N) is 1. The van der Waals surface area contributed by atoms with Crippen LogP contribution in [0.3, 0.4) is 0 Å². The van der Waals surface area contributed by atoms with Gasteiger partial charge in [0.05, 0.1) is 7.11 Å². The van der Waals surface area contributed by atoms with E-state index in [2.05, 4.69) is 5.32 Å². The second-order valence-electron chi connectivity index (χ2n) is 8.25. The molecule has 0 saturated carbocycles. The highest BCUT2D eigenvalue weighted by Gasteiger charge is 2.24. The summed E-state index contributed by atoms with van der Waals surface area (Å²) in [6.07, 6.45) is 0.716. The van der Waals surface area contributed by atoms with Gasteiger partial charge in [0.15, 0.2) is 0 Å². The van der Waals surface area contributed by atoms with Crippen molar-refractivity contribution in [1.82, 2.24) is 15.1 Å². The van der Waals surface area contributed by atoms with Crippen LogP contribution in [0.4, 0.5) is 4.79 Å². The van der Waals surface area contributed by atoms with Gasteiger partial charge >= 0.3 is 6.09 Å². The lowest BCUT2D eigenvalue weighted by molar-refractivity contribution is -0.139. The van der Waals surface area contributed by atoms with Crippen molar-refractivity contribution in [3.8, 4) is 5.75 Å². The molecular formula is C22H33N3O5. The fourth-order valence-electron chi connectivity index (χ4n) is 3.26. The number of hydrogen-bond donors (Lipinski definition) is 1. The highest BCUT2D eigenvalue weighted by molar-refractivity contribution is 5.79. The maximum atomic E-state index is 12.5. The van der Waals surface area contributed by atoms with E-state index in [9.17, 15) is 14.4 Å². The van der Waals surface area contributed by atoms with Crippen LogP contribution in [0.1, 0.15) is 39.2 Å². The number of hydrogen-bond acceptors (Lipinski definition) is 5. The molecule has 8 heteroatoms. The predicted octanol–water partition coefficient (Wildman–Crippen LogP) is 2.21. The lowest BCUT2D eigenvalue weighted by atomic mass is 10.1. The maximum absolute atomic E-state index is 12.5. The predicted molar refractivity (Wildman–Crippen MR) is 113 cm³/mol. The van der Waals surface area contributed by atoms with Gasteiger partial charge < -0.3 is 24.6 Å². The molecule has 0 atom stereocenters. The zero-order valence-electron chi connectivity index (χ0n) is 18.4. The molecule has 1 heterocycles. The SMILES string of the molecule is COc1ccccc1CCC(=O)N1CCN(C(=O)CCNC(=O)OC(C)(C)C)CC1. The Labute approximate surface area is 178 Å². The largest absolute Gasteiger partial charge is 0.496 e. The van der Waals surface area contributed by atoms with E-state index in [1.807, 2.05) is 24.3 Å². The van der Waals surface area contributed by atoms with Gasteiger partial charge in [-0.3, -0.25) is 9.59 Å². The molecule has 0 radical (unpaired) electrons. The molecule has 0 aromatic heterocycles. The number of nitrogens with zero attached hydrogens (tertiary/aromatic N) is 2. The molecule has 1 aromatic rings. The number of benzene rings is 1. The second-order valence-corrected chi connectivity index (χ2v) is 8.25. The average Bonchev–Trinajstić information content (AvgIpc) is 2.70. The van der Waals surface area contributed by atoms with Crippen molar-refractivity contribution in [2.45, 2.75) is 45.6 Å². The summed E-state index contributed by atoms with van der Waals surface area (Å²) in [5, 5.41) is 2.59. The van der Waals surface area contributed by atoms with Crippen molar-refractivity contribution < 1.29 is 23.9 Å². The van der Waals surface area contributed by atoms with Crippen LogP contribution in [-0.4, -0.2) is 73.1 Å². The number of para-hydroxylation sites is 1. The summed E-state index contributed by atoms with van der Waals surface area (Å²) >= 11 is 0. The summed E-state index contributed by atoms with van der Waals surface area (Å²) in [7, 11) is 1.62. The minimum Gasteiger partial charge on any atom is -0.496 e. The van der Waals surface area contributed by atoms with Crippen molar-refractivity contribution in [2.75, 3.05) is 39.8 Å². The topological polar surface area (TPSA) is 88.2 Å². The summed E-state index contributed by atoms with van der Waals surface area (Å²) < 4.78 is 10.5. The lowest BCUT2D eigenvalue weighted by Gasteiger charge is -2.35. The van der Waals surface area contributed by atoms with E-state index >= 15 is 0 Å². The van der Waals surface area contributed by atoms with Crippen LogP contribution in [0.25, 0.3) is 0 Å². The minimum absolute atomic E-state index is 0.0350. The summed E-state index contributed by atoms with van der Waals surface area (Å²) in [5.41, 5.74) is 0.447. The molecule has 166 valence electrons. The summed E-state index contributed by atoms with van der Waals surface area (Å²) in [6.45, 7) is 7.65. The molecule has 1 aliphatic heterocycles. The molecule has 1 fully saturated rings. The Morgan fingerprint density at radius 2 is 1.53 bits per heavy atom. The number of carbonyl (C=O) groups excluding carboxylic acids is 3.